The quantitative estimate of drug-likeness (QED) is 0.541. The van der Waals surface area contributed by atoms with E-state index in [4.69, 9.17) is 5.41 Å². The summed E-state index contributed by atoms with van der Waals surface area (Å²) in [7, 11) is 1.68. The van der Waals surface area contributed by atoms with Crippen molar-refractivity contribution in [1.82, 2.24) is 4.90 Å². The minimum Gasteiger partial charge on any atom is -0.340 e. The van der Waals surface area contributed by atoms with E-state index in [9.17, 15) is 4.79 Å². The fourth-order valence-corrected chi connectivity index (χ4v) is 0.467. The van der Waals surface area contributed by atoms with Crippen molar-refractivity contribution in [3.63, 3.8) is 0 Å². The van der Waals surface area contributed by atoms with Crippen LogP contribution in [0.25, 0.3) is 0 Å². The minimum absolute atomic E-state index is 0.00148. The molecule has 9 heavy (non-hydrogen) atoms. The third-order valence-corrected chi connectivity index (χ3v) is 1.01. The van der Waals surface area contributed by atoms with Crippen molar-refractivity contribution >= 4 is 11.6 Å². The van der Waals surface area contributed by atoms with Gasteiger partial charge in [-0.25, -0.2) is 0 Å². The first-order valence-electron chi connectivity index (χ1n) is 2.79. The van der Waals surface area contributed by atoms with Crippen molar-refractivity contribution in [3.8, 4) is 0 Å². The molecule has 0 aromatic carbocycles. The van der Waals surface area contributed by atoms with E-state index in [0.29, 0.717) is 12.3 Å². The first-order chi connectivity index (χ1) is 4.04. The summed E-state index contributed by atoms with van der Waals surface area (Å²) in [5.74, 6) is 0.00148. The van der Waals surface area contributed by atoms with Crippen molar-refractivity contribution in [2.45, 2.75) is 13.8 Å². The molecule has 0 bridgehead atoms. The summed E-state index contributed by atoms with van der Waals surface area (Å²) in [6.45, 7) is 3.61. The lowest BCUT2D eigenvalue weighted by atomic mass is 10.4. The normalized spacial score (nSPS) is 8.78. The molecule has 3 nitrogen and oxygen atoms in total. The van der Waals surface area contributed by atoms with Crippen LogP contribution in [0.15, 0.2) is 0 Å². The summed E-state index contributed by atoms with van der Waals surface area (Å²) in [6, 6.07) is 0. The van der Waals surface area contributed by atoms with Crippen LogP contribution < -0.4 is 0 Å². The number of nitrogens with one attached hydrogen (secondary N) is 1. The zero-order valence-electron chi connectivity index (χ0n) is 6.06. The Bertz CT molecular complexity index is 131. The van der Waals surface area contributed by atoms with Crippen molar-refractivity contribution in [2.75, 3.05) is 13.6 Å². The van der Waals surface area contributed by atoms with Gasteiger partial charge < -0.3 is 10.3 Å². The zero-order valence-corrected chi connectivity index (χ0v) is 6.06. The molecule has 1 amide bonds. The van der Waals surface area contributed by atoms with Crippen molar-refractivity contribution in [2.24, 2.45) is 0 Å². The fraction of sp³-hybridized carbons (Fsp3) is 0.667. The Morgan fingerprint density at radius 2 is 2.00 bits per heavy atom. The molecule has 52 valence electrons. The van der Waals surface area contributed by atoms with Gasteiger partial charge in [0.15, 0.2) is 0 Å². The highest BCUT2D eigenvalue weighted by atomic mass is 16.2. The van der Waals surface area contributed by atoms with Crippen molar-refractivity contribution in [3.05, 3.63) is 0 Å². The summed E-state index contributed by atoms with van der Waals surface area (Å²) < 4.78 is 0. The second-order valence-corrected chi connectivity index (χ2v) is 2.16. The van der Waals surface area contributed by atoms with Crippen LogP contribution in [0, 0.1) is 5.41 Å². The Labute approximate surface area is 55.2 Å². The molecular weight excluding hydrogens is 116 g/mol. The van der Waals surface area contributed by atoms with E-state index in [0.717, 1.165) is 0 Å². The number of amides is 1. The van der Waals surface area contributed by atoms with E-state index in [2.05, 4.69) is 0 Å². The molecule has 0 aliphatic heterocycles. The maximum atomic E-state index is 10.5. The Balaban J connectivity index is 3.63. The maximum absolute atomic E-state index is 10.5. The molecule has 0 aromatic heterocycles. The van der Waals surface area contributed by atoms with Crippen LogP contribution in [0.4, 0.5) is 0 Å². The van der Waals surface area contributed by atoms with E-state index >= 15 is 0 Å². The van der Waals surface area contributed by atoms with Crippen LogP contribution in [-0.2, 0) is 4.79 Å². The molecule has 0 rings (SSSR count). The SMILES string of the molecule is CC(=N)CN(C)C(C)=O. The first-order valence-corrected chi connectivity index (χ1v) is 2.79. The van der Waals surface area contributed by atoms with Gasteiger partial charge in [0.2, 0.25) is 5.91 Å². The maximum Gasteiger partial charge on any atom is 0.219 e. The van der Waals surface area contributed by atoms with Gasteiger partial charge in [0.25, 0.3) is 0 Å². The zero-order chi connectivity index (χ0) is 7.44. The Hall–Kier alpha value is -0.860. The number of carbonyl (C=O) groups is 1. The predicted molar refractivity (Wildman–Crippen MR) is 36.7 cm³/mol. The Kier molecular flexibility index (Phi) is 2.91. The number of carbonyl (C=O) groups excluding carboxylic acids is 1. The largest absolute Gasteiger partial charge is 0.340 e. The van der Waals surface area contributed by atoms with E-state index in [1.165, 1.54) is 11.8 Å². The molecule has 0 saturated heterocycles. The first kappa shape index (κ1) is 8.14. The fourth-order valence-electron chi connectivity index (χ4n) is 0.467. The molecule has 0 unspecified atom stereocenters. The molecule has 1 N–H and O–H groups in total. The Morgan fingerprint density at radius 3 is 2.11 bits per heavy atom. The molecule has 0 spiro atoms. The van der Waals surface area contributed by atoms with E-state index in [-0.39, 0.29) is 5.91 Å². The van der Waals surface area contributed by atoms with Crippen LogP contribution in [0.1, 0.15) is 13.8 Å². The van der Waals surface area contributed by atoms with Gasteiger partial charge >= 0.3 is 0 Å². The monoisotopic (exact) mass is 128 g/mol. The average Bonchev–Trinajstić information content (AvgIpc) is 1.63. The highest BCUT2D eigenvalue weighted by molar-refractivity contribution is 5.85. The van der Waals surface area contributed by atoms with Gasteiger partial charge in [-0.15, -0.1) is 0 Å². The van der Waals surface area contributed by atoms with Crippen molar-refractivity contribution in [1.29, 1.82) is 5.41 Å². The molecule has 0 atom stereocenters. The smallest absolute Gasteiger partial charge is 0.219 e. The molecule has 0 aromatic rings. The number of nitrogens with zero attached hydrogens (tertiary/aromatic N) is 1. The van der Waals surface area contributed by atoms with Crippen LogP contribution in [0.2, 0.25) is 0 Å². The second-order valence-electron chi connectivity index (χ2n) is 2.16. The lowest BCUT2D eigenvalue weighted by Crippen LogP contribution is -2.28. The standard InChI is InChI=1S/C6H12N2O/c1-5(7)4-8(3)6(2)9/h7H,4H2,1-3H3. The Morgan fingerprint density at radius 1 is 1.56 bits per heavy atom. The van der Waals surface area contributed by atoms with Gasteiger partial charge in [-0.3, -0.25) is 4.79 Å². The lowest BCUT2D eigenvalue weighted by molar-refractivity contribution is -0.126. The topological polar surface area (TPSA) is 44.2 Å². The van der Waals surface area contributed by atoms with E-state index < -0.39 is 0 Å². The third-order valence-electron chi connectivity index (χ3n) is 1.01. The summed E-state index contributed by atoms with van der Waals surface area (Å²) in [4.78, 5) is 12.0. The molecule has 0 aliphatic rings. The molecule has 3 heteroatoms. The second kappa shape index (κ2) is 3.22. The van der Waals surface area contributed by atoms with Gasteiger partial charge in [0.05, 0.1) is 6.54 Å². The average molecular weight is 128 g/mol. The highest BCUT2D eigenvalue weighted by Gasteiger charge is 2.00. The molecule has 0 saturated carbocycles. The van der Waals surface area contributed by atoms with Crippen LogP contribution >= 0.6 is 0 Å². The van der Waals surface area contributed by atoms with Gasteiger partial charge in [-0.05, 0) is 6.92 Å². The molecule has 0 aliphatic carbocycles. The number of hydrogen-bond donors (Lipinski definition) is 1. The molecule has 0 radical (unpaired) electrons. The predicted octanol–water partition coefficient (Wildman–Crippen LogP) is 0.504. The summed E-state index contributed by atoms with van der Waals surface area (Å²) >= 11 is 0. The number of hydrogen-bond acceptors (Lipinski definition) is 2. The van der Waals surface area contributed by atoms with Gasteiger partial charge in [0.1, 0.15) is 0 Å². The number of rotatable bonds is 2. The van der Waals surface area contributed by atoms with E-state index in [1.54, 1.807) is 14.0 Å². The van der Waals surface area contributed by atoms with Gasteiger partial charge in [-0.2, -0.15) is 0 Å². The highest BCUT2D eigenvalue weighted by Crippen LogP contribution is 1.82. The molecular formula is C6H12N2O. The minimum atomic E-state index is 0.00148. The van der Waals surface area contributed by atoms with Crippen LogP contribution in [-0.4, -0.2) is 30.1 Å². The van der Waals surface area contributed by atoms with Crippen molar-refractivity contribution < 1.29 is 4.79 Å². The van der Waals surface area contributed by atoms with Crippen LogP contribution in [0.5, 0.6) is 0 Å². The van der Waals surface area contributed by atoms with Gasteiger partial charge in [0, 0.05) is 19.7 Å². The third kappa shape index (κ3) is 3.70. The lowest BCUT2D eigenvalue weighted by Gasteiger charge is -2.12. The van der Waals surface area contributed by atoms with Crippen LogP contribution in [0.3, 0.4) is 0 Å². The molecule has 0 heterocycles. The van der Waals surface area contributed by atoms with E-state index in [1.807, 2.05) is 0 Å². The summed E-state index contributed by atoms with van der Waals surface area (Å²) in [5.41, 5.74) is 0.507. The summed E-state index contributed by atoms with van der Waals surface area (Å²) in [6.07, 6.45) is 0. The molecule has 0 fully saturated rings. The van der Waals surface area contributed by atoms with Gasteiger partial charge in [-0.1, -0.05) is 0 Å². The summed E-state index contributed by atoms with van der Waals surface area (Å²) in [5, 5.41) is 7.02.